The van der Waals surface area contributed by atoms with Crippen molar-refractivity contribution in [1.29, 1.82) is 5.26 Å². The van der Waals surface area contributed by atoms with E-state index in [1.807, 2.05) is 42.5 Å². The first-order valence-corrected chi connectivity index (χ1v) is 5.91. The first-order chi connectivity index (χ1) is 8.88. The molecule has 1 aliphatic rings. The Hall–Kier alpha value is -2.53. The average Bonchev–Trinajstić information content (AvgIpc) is 2.47. The summed E-state index contributed by atoms with van der Waals surface area (Å²) in [5.74, 6) is 0. The highest BCUT2D eigenvalue weighted by molar-refractivity contribution is 5.64. The Morgan fingerprint density at radius 3 is 2.44 bits per heavy atom. The number of rotatable bonds is 1. The fourth-order valence-electron chi connectivity index (χ4n) is 2.31. The second kappa shape index (κ2) is 4.38. The zero-order chi connectivity index (χ0) is 12.4. The lowest BCUT2D eigenvalue weighted by molar-refractivity contribution is 0.700. The minimum atomic E-state index is 0.0575. The Morgan fingerprint density at radius 1 is 0.944 bits per heavy atom. The second-order valence-corrected chi connectivity index (χ2v) is 4.29. The molecule has 0 fully saturated rings. The van der Waals surface area contributed by atoms with E-state index in [1.54, 1.807) is 0 Å². The number of fused-ring (bicyclic) bond motifs is 1. The maximum atomic E-state index is 9.10. The molecule has 2 aromatic carbocycles. The van der Waals surface area contributed by atoms with E-state index in [1.165, 1.54) is 11.1 Å². The van der Waals surface area contributed by atoms with Crippen LogP contribution < -0.4 is 5.32 Å². The number of benzene rings is 2. The van der Waals surface area contributed by atoms with Crippen molar-refractivity contribution < 1.29 is 0 Å². The van der Waals surface area contributed by atoms with E-state index in [-0.39, 0.29) is 6.04 Å². The molecule has 86 valence electrons. The molecule has 1 heterocycles. The third kappa shape index (κ3) is 1.76. The molecule has 2 aromatic rings. The van der Waals surface area contributed by atoms with Crippen LogP contribution in [0, 0.1) is 11.3 Å². The maximum absolute atomic E-state index is 9.10. The van der Waals surface area contributed by atoms with Crippen molar-refractivity contribution in [2.75, 3.05) is 0 Å². The van der Waals surface area contributed by atoms with Gasteiger partial charge in [-0.25, -0.2) is 0 Å². The van der Waals surface area contributed by atoms with Crippen LogP contribution in [0.15, 0.2) is 60.3 Å². The van der Waals surface area contributed by atoms with Gasteiger partial charge >= 0.3 is 0 Å². The van der Waals surface area contributed by atoms with Gasteiger partial charge in [0.1, 0.15) is 11.8 Å². The van der Waals surface area contributed by atoms with Gasteiger partial charge in [-0.3, -0.25) is 0 Å². The highest BCUT2D eigenvalue weighted by Crippen LogP contribution is 2.30. The van der Waals surface area contributed by atoms with Gasteiger partial charge in [0.25, 0.3) is 0 Å². The summed E-state index contributed by atoms with van der Waals surface area (Å²) in [6.07, 6.45) is 1.90. The van der Waals surface area contributed by atoms with E-state index >= 15 is 0 Å². The number of hydrogen-bond donors (Lipinski definition) is 1. The Morgan fingerprint density at radius 2 is 1.67 bits per heavy atom. The van der Waals surface area contributed by atoms with E-state index in [0.29, 0.717) is 5.70 Å². The molecule has 0 aromatic heterocycles. The lowest BCUT2D eigenvalue weighted by Crippen LogP contribution is -2.25. The van der Waals surface area contributed by atoms with Crippen LogP contribution in [0.1, 0.15) is 22.7 Å². The van der Waals surface area contributed by atoms with Crippen molar-refractivity contribution in [1.82, 2.24) is 5.32 Å². The van der Waals surface area contributed by atoms with Crippen molar-refractivity contribution in [3.8, 4) is 6.07 Å². The number of nitriles is 1. The monoisotopic (exact) mass is 232 g/mol. The summed E-state index contributed by atoms with van der Waals surface area (Å²) < 4.78 is 0. The summed E-state index contributed by atoms with van der Waals surface area (Å²) in [4.78, 5) is 0. The molecule has 0 saturated carbocycles. The summed E-state index contributed by atoms with van der Waals surface area (Å²) in [5.41, 5.74) is 4.11. The molecule has 18 heavy (non-hydrogen) atoms. The molecule has 1 unspecified atom stereocenters. The van der Waals surface area contributed by atoms with E-state index < -0.39 is 0 Å². The van der Waals surface area contributed by atoms with Crippen LogP contribution in [-0.2, 0) is 0 Å². The summed E-state index contributed by atoms with van der Waals surface area (Å²) >= 11 is 0. The number of hydrogen-bond acceptors (Lipinski definition) is 2. The summed E-state index contributed by atoms with van der Waals surface area (Å²) in [7, 11) is 0. The molecular formula is C16H12N2. The van der Waals surface area contributed by atoms with Gasteiger partial charge in [-0.2, -0.15) is 5.26 Å². The third-order valence-corrected chi connectivity index (χ3v) is 3.16. The second-order valence-electron chi connectivity index (χ2n) is 4.29. The summed E-state index contributed by atoms with van der Waals surface area (Å²) in [6, 6.07) is 20.6. The third-order valence-electron chi connectivity index (χ3n) is 3.16. The largest absolute Gasteiger partial charge is 0.366 e. The van der Waals surface area contributed by atoms with Gasteiger partial charge in [0.05, 0.1) is 6.04 Å². The van der Waals surface area contributed by atoms with Crippen molar-refractivity contribution >= 4 is 6.08 Å². The first-order valence-electron chi connectivity index (χ1n) is 5.91. The Bertz CT molecular complexity index is 636. The van der Waals surface area contributed by atoms with E-state index in [9.17, 15) is 0 Å². The van der Waals surface area contributed by atoms with E-state index in [2.05, 4.69) is 29.6 Å². The van der Waals surface area contributed by atoms with Crippen LogP contribution in [0.3, 0.4) is 0 Å². The van der Waals surface area contributed by atoms with Gasteiger partial charge in [0, 0.05) is 0 Å². The normalized spacial score (nSPS) is 17.1. The molecular weight excluding hydrogens is 220 g/mol. The van der Waals surface area contributed by atoms with E-state index in [0.717, 1.165) is 5.56 Å². The maximum Gasteiger partial charge on any atom is 0.117 e. The van der Waals surface area contributed by atoms with Crippen LogP contribution in [-0.4, -0.2) is 0 Å². The van der Waals surface area contributed by atoms with Gasteiger partial charge in [0.15, 0.2) is 0 Å². The molecule has 3 rings (SSSR count). The molecule has 0 saturated heterocycles. The van der Waals surface area contributed by atoms with Gasteiger partial charge in [-0.1, -0.05) is 54.6 Å². The lowest BCUT2D eigenvalue weighted by atomic mass is 9.91. The molecule has 1 N–H and O–H groups in total. The van der Waals surface area contributed by atoms with Crippen molar-refractivity contribution in [2.24, 2.45) is 0 Å². The van der Waals surface area contributed by atoms with Gasteiger partial charge in [0.2, 0.25) is 0 Å². The molecule has 2 heteroatoms. The average molecular weight is 232 g/mol. The molecule has 0 aliphatic carbocycles. The summed E-state index contributed by atoms with van der Waals surface area (Å²) in [6.45, 7) is 0. The molecule has 1 aliphatic heterocycles. The molecule has 0 amide bonds. The van der Waals surface area contributed by atoms with E-state index in [4.69, 9.17) is 5.26 Å². The fraction of sp³-hybridized carbons (Fsp3) is 0.0625. The number of allylic oxidation sites excluding steroid dienone is 1. The predicted molar refractivity (Wildman–Crippen MR) is 71.5 cm³/mol. The zero-order valence-corrected chi connectivity index (χ0v) is 9.80. The highest BCUT2D eigenvalue weighted by Gasteiger charge is 2.21. The zero-order valence-electron chi connectivity index (χ0n) is 9.80. The van der Waals surface area contributed by atoms with Crippen LogP contribution in [0.2, 0.25) is 0 Å². The Balaban J connectivity index is 2.13. The molecule has 0 radical (unpaired) electrons. The lowest BCUT2D eigenvalue weighted by Gasteiger charge is -2.26. The Labute approximate surface area is 106 Å². The van der Waals surface area contributed by atoms with Gasteiger partial charge in [-0.15, -0.1) is 0 Å². The summed E-state index contributed by atoms with van der Waals surface area (Å²) in [5, 5.41) is 12.4. The van der Waals surface area contributed by atoms with Crippen molar-refractivity contribution in [3.63, 3.8) is 0 Å². The minimum Gasteiger partial charge on any atom is -0.366 e. The molecule has 0 spiro atoms. The first kappa shape index (κ1) is 10.6. The van der Waals surface area contributed by atoms with Crippen LogP contribution in [0.5, 0.6) is 0 Å². The van der Waals surface area contributed by atoms with Crippen LogP contribution in [0.4, 0.5) is 0 Å². The number of nitrogens with one attached hydrogen (secondary N) is 1. The van der Waals surface area contributed by atoms with Gasteiger partial charge in [-0.05, 0) is 22.8 Å². The van der Waals surface area contributed by atoms with Crippen LogP contribution >= 0.6 is 0 Å². The predicted octanol–water partition coefficient (Wildman–Crippen LogP) is 3.24. The molecule has 0 bridgehead atoms. The fourth-order valence-corrected chi connectivity index (χ4v) is 2.31. The Kier molecular flexibility index (Phi) is 2.59. The number of nitrogens with zero attached hydrogens (tertiary/aromatic N) is 1. The smallest absolute Gasteiger partial charge is 0.117 e. The van der Waals surface area contributed by atoms with Crippen molar-refractivity contribution in [2.45, 2.75) is 6.04 Å². The van der Waals surface area contributed by atoms with Crippen molar-refractivity contribution in [3.05, 3.63) is 77.0 Å². The van der Waals surface area contributed by atoms with Gasteiger partial charge < -0.3 is 5.32 Å². The topological polar surface area (TPSA) is 35.8 Å². The standard InChI is InChI=1S/C16H12N2/c17-11-14-10-13-8-4-5-9-15(13)16(18-14)12-6-2-1-3-7-12/h1-10,16,18H. The SMILES string of the molecule is N#CC1=Cc2ccccc2C(c2ccccc2)N1. The molecule has 1 atom stereocenters. The minimum absolute atomic E-state index is 0.0575. The quantitative estimate of drug-likeness (QED) is 0.819. The van der Waals surface area contributed by atoms with Crippen LogP contribution in [0.25, 0.3) is 6.08 Å². The molecule has 2 nitrogen and oxygen atoms in total. The highest BCUT2D eigenvalue weighted by atomic mass is 14.9.